The van der Waals surface area contributed by atoms with Crippen molar-refractivity contribution >= 4 is 29.5 Å². The summed E-state index contributed by atoms with van der Waals surface area (Å²) in [6, 6.07) is -1.15. The summed E-state index contributed by atoms with van der Waals surface area (Å²) in [7, 11) is 0. The zero-order valence-electron chi connectivity index (χ0n) is 21.2. The Bertz CT molecular complexity index is 776. The summed E-state index contributed by atoms with van der Waals surface area (Å²) >= 11 is 1.65. The molecule has 7 nitrogen and oxygen atoms in total. The van der Waals surface area contributed by atoms with E-state index in [0.29, 0.717) is 13.1 Å². The lowest BCUT2D eigenvalue weighted by molar-refractivity contribution is -0.154. The van der Waals surface area contributed by atoms with E-state index in [-0.39, 0.29) is 42.2 Å². The van der Waals surface area contributed by atoms with Crippen molar-refractivity contribution in [2.45, 2.75) is 88.3 Å². The lowest BCUT2D eigenvalue weighted by Gasteiger charge is -2.41. The van der Waals surface area contributed by atoms with Crippen molar-refractivity contribution in [2.24, 2.45) is 17.8 Å². The largest absolute Gasteiger partial charge is 0.466 e. The van der Waals surface area contributed by atoms with E-state index in [1.54, 1.807) is 29.7 Å². The third-order valence-corrected chi connectivity index (χ3v) is 10.0. The highest BCUT2D eigenvalue weighted by Gasteiger charge is 2.74. The number of carbonyl (C=O) groups is 3. The lowest BCUT2D eigenvalue weighted by Crippen LogP contribution is -2.58. The number of carbonyl (C=O) groups excluding carboxylic acids is 3. The SMILES string of the molecule is C=CCN(CCCCC)C(=O)C1N([C@@H](CO)[C@@H](C)CC)C(=O)[C@@H]2[C@@H](C(=O)OCC)[C@H]3CCC12S3. The molecule has 3 aliphatic rings. The van der Waals surface area contributed by atoms with Gasteiger partial charge in [0.05, 0.1) is 35.8 Å². The average molecular weight is 495 g/mol. The number of aliphatic hydroxyl groups excluding tert-OH is 1. The summed E-state index contributed by atoms with van der Waals surface area (Å²) in [6.07, 6.45) is 6.99. The zero-order chi connectivity index (χ0) is 25.0. The highest BCUT2D eigenvalue weighted by molar-refractivity contribution is 8.02. The Hall–Kier alpha value is -1.54. The minimum absolute atomic E-state index is 0.00503. The van der Waals surface area contributed by atoms with Crippen LogP contribution in [0.4, 0.5) is 0 Å². The predicted octanol–water partition coefficient (Wildman–Crippen LogP) is 3.25. The first-order valence-corrected chi connectivity index (χ1v) is 13.9. The van der Waals surface area contributed by atoms with Crippen molar-refractivity contribution < 1.29 is 24.2 Å². The normalized spacial score (nSPS) is 31.3. The smallest absolute Gasteiger partial charge is 0.310 e. The first-order chi connectivity index (χ1) is 16.3. The van der Waals surface area contributed by atoms with Gasteiger partial charge in [0, 0.05) is 18.3 Å². The predicted molar refractivity (Wildman–Crippen MR) is 134 cm³/mol. The standard InChI is InChI=1S/C26H42N2O5S/c1-6-10-11-15-27(14-7-2)24(31)22-26-13-12-19(34-26)20(25(32)33-9-4)21(26)23(30)28(22)18(16-29)17(5)8-3/h7,17-22,29H,2,6,8-16H2,1,3-5H3/t17-,18-,19+,20-,21-,22?,26?/m0/s1. The van der Waals surface area contributed by atoms with Gasteiger partial charge in [-0.05, 0) is 32.1 Å². The van der Waals surface area contributed by atoms with Crippen molar-refractivity contribution in [3.05, 3.63) is 12.7 Å². The van der Waals surface area contributed by atoms with E-state index in [4.69, 9.17) is 4.74 Å². The molecule has 0 saturated carbocycles. The third-order valence-electron chi connectivity index (χ3n) is 8.07. The van der Waals surface area contributed by atoms with Gasteiger partial charge in [-0.1, -0.05) is 46.1 Å². The van der Waals surface area contributed by atoms with Gasteiger partial charge >= 0.3 is 5.97 Å². The van der Waals surface area contributed by atoms with Gasteiger partial charge in [-0.25, -0.2) is 0 Å². The molecule has 0 aromatic carbocycles. The first-order valence-electron chi connectivity index (χ1n) is 13.0. The van der Waals surface area contributed by atoms with Crippen molar-refractivity contribution in [3.8, 4) is 0 Å². The maximum atomic E-state index is 14.2. The molecule has 7 atom stereocenters. The molecule has 1 N–H and O–H groups in total. The van der Waals surface area contributed by atoms with Gasteiger partial charge < -0.3 is 19.6 Å². The topological polar surface area (TPSA) is 87.2 Å². The van der Waals surface area contributed by atoms with Crippen LogP contribution >= 0.6 is 11.8 Å². The maximum Gasteiger partial charge on any atom is 0.310 e. The van der Waals surface area contributed by atoms with Gasteiger partial charge in [0.25, 0.3) is 0 Å². The molecule has 0 aromatic rings. The number of likely N-dealkylation sites (tertiary alicyclic amines) is 1. The van der Waals surface area contributed by atoms with Gasteiger partial charge in [-0.3, -0.25) is 14.4 Å². The quantitative estimate of drug-likeness (QED) is 0.240. The van der Waals surface area contributed by atoms with Crippen molar-refractivity contribution in [3.63, 3.8) is 0 Å². The van der Waals surface area contributed by atoms with E-state index in [9.17, 15) is 19.5 Å². The summed E-state index contributed by atoms with van der Waals surface area (Å²) in [5.41, 5.74) is 0. The molecule has 192 valence electrons. The summed E-state index contributed by atoms with van der Waals surface area (Å²) in [6.45, 7) is 12.9. The number of fused-ring (bicyclic) bond motifs is 1. The van der Waals surface area contributed by atoms with Crippen LogP contribution in [0.3, 0.4) is 0 Å². The second kappa shape index (κ2) is 11.5. The monoisotopic (exact) mass is 494 g/mol. The first kappa shape index (κ1) is 27.1. The summed E-state index contributed by atoms with van der Waals surface area (Å²) < 4.78 is 4.74. The minimum atomic E-state index is -0.688. The number of amides is 2. The van der Waals surface area contributed by atoms with Crippen LogP contribution in [0.2, 0.25) is 0 Å². The lowest BCUT2D eigenvalue weighted by atomic mass is 9.71. The van der Waals surface area contributed by atoms with E-state index < -0.39 is 28.7 Å². The van der Waals surface area contributed by atoms with Gasteiger partial charge in [0.1, 0.15) is 6.04 Å². The highest BCUT2D eigenvalue weighted by atomic mass is 32.2. The number of hydrogen-bond donors (Lipinski definition) is 1. The molecular formula is C26H42N2O5S. The Morgan fingerprint density at radius 3 is 2.68 bits per heavy atom. The van der Waals surface area contributed by atoms with Crippen LogP contribution in [-0.2, 0) is 19.1 Å². The number of esters is 1. The van der Waals surface area contributed by atoms with Gasteiger partial charge in [0.2, 0.25) is 11.8 Å². The number of nitrogens with zero attached hydrogens (tertiary/aromatic N) is 2. The van der Waals surface area contributed by atoms with Gasteiger partial charge in [-0.15, -0.1) is 18.3 Å². The molecular weight excluding hydrogens is 452 g/mol. The summed E-state index contributed by atoms with van der Waals surface area (Å²) in [5.74, 6) is -1.67. The van der Waals surface area contributed by atoms with Crippen LogP contribution in [0.5, 0.6) is 0 Å². The molecule has 8 heteroatoms. The molecule has 3 saturated heterocycles. The Balaban J connectivity index is 2.06. The van der Waals surface area contributed by atoms with Crippen LogP contribution in [-0.4, -0.2) is 81.1 Å². The fourth-order valence-corrected chi connectivity index (χ4v) is 8.41. The summed E-state index contributed by atoms with van der Waals surface area (Å²) in [5, 5.41) is 10.4. The second-order valence-electron chi connectivity index (χ2n) is 9.97. The number of thioether (sulfide) groups is 1. The zero-order valence-corrected chi connectivity index (χ0v) is 22.0. The Morgan fingerprint density at radius 2 is 2.09 bits per heavy atom. The second-order valence-corrected chi connectivity index (χ2v) is 11.6. The fraction of sp³-hybridized carbons (Fsp3) is 0.808. The molecule has 3 fully saturated rings. The Labute approximate surface area is 208 Å². The molecule has 2 bridgehead atoms. The van der Waals surface area contributed by atoms with Crippen molar-refractivity contribution in [1.29, 1.82) is 0 Å². The maximum absolute atomic E-state index is 14.2. The molecule has 2 amide bonds. The van der Waals surface area contributed by atoms with E-state index in [1.807, 2.05) is 18.7 Å². The van der Waals surface area contributed by atoms with Crippen molar-refractivity contribution in [1.82, 2.24) is 9.80 Å². The third kappa shape index (κ3) is 4.52. The average Bonchev–Trinajstić information content (AvgIpc) is 3.46. The van der Waals surface area contributed by atoms with E-state index in [1.165, 1.54) is 0 Å². The van der Waals surface area contributed by atoms with Crippen LogP contribution in [0.15, 0.2) is 12.7 Å². The van der Waals surface area contributed by atoms with Crippen LogP contribution in [0.1, 0.15) is 66.2 Å². The molecule has 0 radical (unpaired) electrons. The molecule has 0 aromatic heterocycles. The highest BCUT2D eigenvalue weighted by Crippen LogP contribution is 2.67. The van der Waals surface area contributed by atoms with Gasteiger partial charge in [0.15, 0.2) is 0 Å². The molecule has 1 spiro atoms. The number of hydrogen-bond acceptors (Lipinski definition) is 6. The molecule has 3 heterocycles. The van der Waals surface area contributed by atoms with Gasteiger partial charge in [-0.2, -0.15) is 0 Å². The molecule has 34 heavy (non-hydrogen) atoms. The number of rotatable bonds is 13. The van der Waals surface area contributed by atoms with E-state index in [2.05, 4.69) is 13.5 Å². The fourth-order valence-electron chi connectivity index (χ4n) is 6.22. The van der Waals surface area contributed by atoms with E-state index >= 15 is 0 Å². The van der Waals surface area contributed by atoms with Crippen molar-refractivity contribution in [2.75, 3.05) is 26.3 Å². The number of aliphatic hydroxyl groups is 1. The molecule has 3 aliphatic heterocycles. The van der Waals surface area contributed by atoms with Crippen LogP contribution in [0, 0.1) is 17.8 Å². The van der Waals surface area contributed by atoms with Crippen LogP contribution in [0.25, 0.3) is 0 Å². The number of unbranched alkanes of at least 4 members (excludes halogenated alkanes) is 2. The number of ether oxygens (including phenoxy) is 1. The van der Waals surface area contributed by atoms with Crippen LogP contribution < -0.4 is 0 Å². The Kier molecular flexibility index (Phi) is 9.12. The molecule has 2 unspecified atom stereocenters. The Morgan fingerprint density at radius 1 is 1.35 bits per heavy atom. The minimum Gasteiger partial charge on any atom is -0.466 e. The molecule has 0 aliphatic carbocycles. The summed E-state index contributed by atoms with van der Waals surface area (Å²) in [4.78, 5) is 44.8. The molecule has 3 rings (SSSR count). The van der Waals surface area contributed by atoms with E-state index in [0.717, 1.165) is 38.5 Å².